The van der Waals surface area contributed by atoms with Gasteiger partial charge in [0.15, 0.2) is 0 Å². The van der Waals surface area contributed by atoms with Crippen LogP contribution < -0.4 is 4.57 Å². The predicted molar refractivity (Wildman–Crippen MR) is 105 cm³/mol. The molecule has 0 fully saturated rings. The lowest BCUT2D eigenvalue weighted by Gasteiger charge is -2.03. The SMILES string of the molecule is CCCCCCCCCCCCCCCCc1[nH]cc[n+]1CCC. The maximum absolute atomic E-state index is 3.40. The van der Waals surface area contributed by atoms with E-state index < -0.39 is 0 Å². The Morgan fingerprint density at radius 3 is 1.67 bits per heavy atom. The van der Waals surface area contributed by atoms with Gasteiger partial charge in [-0.3, -0.25) is 0 Å². The van der Waals surface area contributed by atoms with E-state index in [1.807, 2.05) is 0 Å². The highest BCUT2D eigenvalue weighted by molar-refractivity contribution is 4.77. The van der Waals surface area contributed by atoms with Crippen LogP contribution in [0.4, 0.5) is 0 Å². The summed E-state index contributed by atoms with van der Waals surface area (Å²) in [5.41, 5.74) is 0. The lowest BCUT2D eigenvalue weighted by Crippen LogP contribution is -2.35. The summed E-state index contributed by atoms with van der Waals surface area (Å²) in [5.74, 6) is 1.41. The minimum atomic E-state index is 1.15. The molecule has 0 saturated carbocycles. The predicted octanol–water partition coefficient (Wildman–Crippen LogP) is 6.74. The Kier molecular flexibility index (Phi) is 13.9. The summed E-state index contributed by atoms with van der Waals surface area (Å²) in [4.78, 5) is 3.40. The summed E-state index contributed by atoms with van der Waals surface area (Å²) >= 11 is 0. The molecule has 24 heavy (non-hydrogen) atoms. The monoisotopic (exact) mass is 335 g/mol. The summed E-state index contributed by atoms with van der Waals surface area (Å²) in [6, 6.07) is 0. The van der Waals surface area contributed by atoms with Crippen molar-refractivity contribution in [1.29, 1.82) is 0 Å². The third kappa shape index (κ3) is 10.9. The molecule has 0 bridgehead atoms. The molecule has 2 heteroatoms. The number of H-pyrrole nitrogens is 1. The van der Waals surface area contributed by atoms with Crippen LogP contribution in [-0.2, 0) is 13.0 Å². The molecule has 2 nitrogen and oxygen atoms in total. The average Bonchev–Trinajstić information content (AvgIpc) is 3.03. The molecule has 1 heterocycles. The van der Waals surface area contributed by atoms with Gasteiger partial charge in [0, 0.05) is 6.42 Å². The Labute approximate surface area is 151 Å². The van der Waals surface area contributed by atoms with Crippen LogP contribution in [0.3, 0.4) is 0 Å². The van der Waals surface area contributed by atoms with Gasteiger partial charge in [-0.15, -0.1) is 0 Å². The zero-order valence-electron chi connectivity index (χ0n) is 16.6. The van der Waals surface area contributed by atoms with Gasteiger partial charge in [-0.05, 0) is 12.8 Å². The standard InChI is InChI=1S/C22H42N2/c1-3-5-6-7-8-9-10-11-12-13-14-15-16-17-18-22-23-19-21-24(22)20-4-2/h19,21H,3-18,20H2,1-2H3/p+1. The van der Waals surface area contributed by atoms with Crippen molar-refractivity contribution in [3.63, 3.8) is 0 Å². The number of hydrogen-bond donors (Lipinski definition) is 1. The Bertz CT molecular complexity index is 370. The Morgan fingerprint density at radius 2 is 1.17 bits per heavy atom. The van der Waals surface area contributed by atoms with E-state index in [4.69, 9.17) is 0 Å². The first-order chi connectivity index (χ1) is 11.9. The van der Waals surface area contributed by atoms with Gasteiger partial charge in [-0.25, -0.2) is 9.55 Å². The van der Waals surface area contributed by atoms with Crippen LogP contribution in [0.15, 0.2) is 12.4 Å². The second-order valence-electron chi connectivity index (χ2n) is 7.45. The quantitative estimate of drug-likeness (QED) is 0.240. The average molecular weight is 336 g/mol. The van der Waals surface area contributed by atoms with E-state index in [-0.39, 0.29) is 0 Å². The van der Waals surface area contributed by atoms with Crippen LogP contribution in [0, 0.1) is 0 Å². The minimum Gasteiger partial charge on any atom is -0.248 e. The zero-order valence-corrected chi connectivity index (χ0v) is 16.6. The van der Waals surface area contributed by atoms with Gasteiger partial charge in [-0.2, -0.15) is 0 Å². The molecular weight excluding hydrogens is 292 g/mol. The normalized spacial score (nSPS) is 11.2. The lowest BCUT2D eigenvalue weighted by molar-refractivity contribution is -0.702. The maximum Gasteiger partial charge on any atom is 0.254 e. The summed E-state index contributed by atoms with van der Waals surface area (Å²) < 4.78 is 2.38. The molecule has 0 radical (unpaired) electrons. The van der Waals surface area contributed by atoms with Crippen molar-refractivity contribution in [2.75, 3.05) is 0 Å². The second-order valence-corrected chi connectivity index (χ2v) is 7.45. The Morgan fingerprint density at radius 1 is 0.667 bits per heavy atom. The highest BCUT2D eigenvalue weighted by Gasteiger charge is 2.08. The molecule has 0 saturated heterocycles. The van der Waals surface area contributed by atoms with E-state index in [1.54, 1.807) is 0 Å². The maximum atomic E-state index is 3.40. The largest absolute Gasteiger partial charge is 0.254 e. The number of rotatable bonds is 17. The molecule has 0 aliphatic carbocycles. The number of aromatic nitrogens is 2. The molecule has 0 aliphatic heterocycles. The first-order valence-electron chi connectivity index (χ1n) is 10.9. The van der Waals surface area contributed by atoms with Gasteiger partial charge >= 0.3 is 0 Å². The molecule has 0 unspecified atom stereocenters. The number of nitrogens with one attached hydrogen (secondary N) is 1. The summed E-state index contributed by atoms with van der Waals surface area (Å²) in [6.45, 7) is 5.69. The third-order valence-corrected chi connectivity index (χ3v) is 5.08. The van der Waals surface area contributed by atoms with E-state index in [9.17, 15) is 0 Å². The molecule has 0 spiro atoms. The molecule has 0 atom stereocenters. The van der Waals surface area contributed by atoms with E-state index >= 15 is 0 Å². The Hall–Kier alpha value is -0.790. The number of unbranched alkanes of at least 4 members (excludes halogenated alkanes) is 13. The van der Waals surface area contributed by atoms with Gasteiger partial charge < -0.3 is 0 Å². The minimum absolute atomic E-state index is 1.15. The molecule has 1 N–H and O–H groups in total. The summed E-state index contributed by atoms with van der Waals surface area (Å²) in [6.07, 6.45) is 26.8. The first-order valence-corrected chi connectivity index (χ1v) is 10.9. The summed E-state index contributed by atoms with van der Waals surface area (Å²) in [5, 5.41) is 0. The molecule has 0 aromatic carbocycles. The smallest absolute Gasteiger partial charge is 0.248 e. The molecule has 1 aromatic rings. The third-order valence-electron chi connectivity index (χ3n) is 5.08. The van der Waals surface area contributed by atoms with Crippen LogP contribution in [0.5, 0.6) is 0 Å². The summed E-state index contributed by atoms with van der Waals surface area (Å²) in [7, 11) is 0. The van der Waals surface area contributed by atoms with Gasteiger partial charge in [0.1, 0.15) is 12.4 Å². The highest BCUT2D eigenvalue weighted by atomic mass is 15.1. The fourth-order valence-electron chi connectivity index (χ4n) is 3.55. The van der Waals surface area contributed by atoms with Crippen molar-refractivity contribution in [3.05, 3.63) is 18.2 Å². The van der Waals surface area contributed by atoms with Gasteiger partial charge in [-0.1, -0.05) is 97.3 Å². The van der Waals surface area contributed by atoms with Crippen LogP contribution in [0.25, 0.3) is 0 Å². The van der Waals surface area contributed by atoms with Crippen molar-refractivity contribution < 1.29 is 4.57 Å². The first kappa shape index (κ1) is 21.3. The highest BCUT2D eigenvalue weighted by Crippen LogP contribution is 2.13. The van der Waals surface area contributed by atoms with E-state index in [2.05, 4.69) is 35.8 Å². The lowest BCUT2D eigenvalue weighted by atomic mass is 10.0. The van der Waals surface area contributed by atoms with Crippen LogP contribution in [0.1, 0.15) is 116 Å². The fraction of sp³-hybridized carbons (Fsp3) is 0.864. The second kappa shape index (κ2) is 15.7. The van der Waals surface area contributed by atoms with Crippen molar-refractivity contribution in [3.8, 4) is 0 Å². The molecule has 140 valence electrons. The number of aryl methyl sites for hydroxylation is 2. The van der Waals surface area contributed by atoms with Gasteiger partial charge in [0.2, 0.25) is 0 Å². The van der Waals surface area contributed by atoms with Crippen molar-refractivity contribution >= 4 is 0 Å². The zero-order chi connectivity index (χ0) is 17.3. The van der Waals surface area contributed by atoms with Crippen molar-refractivity contribution in [2.45, 2.75) is 123 Å². The number of imidazole rings is 1. The van der Waals surface area contributed by atoms with E-state index in [1.165, 1.54) is 109 Å². The number of hydrogen-bond acceptors (Lipinski definition) is 0. The molecule has 0 amide bonds. The number of aromatic amines is 1. The Balaban J connectivity index is 1.81. The molecule has 1 aromatic heterocycles. The fourth-order valence-corrected chi connectivity index (χ4v) is 3.55. The van der Waals surface area contributed by atoms with Crippen LogP contribution in [-0.4, -0.2) is 4.98 Å². The topological polar surface area (TPSA) is 19.7 Å². The molecular formula is C22H43N2+. The van der Waals surface area contributed by atoms with Crippen LogP contribution in [0.2, 0.25) is 0 Å². The molecule has 0 aliphatic rings. The van der Waals surface area contributed by atoms with Gasteiger partial charge in [0.25, 0.3) is 5.82 Å². The van der Waals surface area contributed by atoms with E-state index in [0.29, 0.717) is 0 Å². The van der Waals surface area contributed by atoms with Crippen molar-refractivity contribution in [1.82, 2.24) is 4.98 Å². The van der Waals surface area contributed by atoms with E-state index in [0.717, 1.165) is 6.54 Å². The number of nitrogens with zero attached hydrogens (tertiary/aromatic N) is 1. The molecule has 1 rings (SSSR count). The van der Waals surface area contributed by atoms with Crippen molar-refractivity contribution in [2.24, 2.45) is 0 Å². The van der Waals surface area contributed by atoms with Gasteiger partial charge in [0.05, 0.1) is 6.54 Å². The van der Waals surface area contributed by atoms with Crippen LogP contribution >= 0.6 is 0 Å².